The molecule has 4 heteroatoms. The molecule has 2 aromatic carbocycles. The third kappa shape index (κ3) is 4.55. The zero-order valence-corrected chi connectivity index (χ0v) is 12.8. The Bertz CT molecular complexity index is 567. The molecule has 0 saturated carbocycles. The lowest BCUT2D eigenvalue weighted by Gasteiger charge is -2.08. The summed E-state index contributed by atoms with van der Waals surface area (Å²) in [6.45, 7) is 2.57. The molecule has 0 aliphatic carbocycles. The number of amides is 2. The molecular formula is C15H15IN2O. The molecule has 19 heavy (non-hydrogen) atoms. The van der Waals surface area contributed by atoms with Gasteiger partial charge in [0, 0.05) is 15.8 Å². The fourth-order valence-electron chi connectivity index (χ4n) is 1.63. The molecule has 2 aromatic rings. The Morgan fingerprint density at radius 2 is 1.89 bits per heavy atom. The van der Waals surface area contributed by atoms with Gasteiger partial charge in [0.1, 0.15) is 0 Å². The normalized spacial score (nSPS) is 10.0. The van der Waals surface area contributed by atoms with Gasteiger partial charge in [0.05, 0.1) is 0 Å². The first-order valence-corrected chi connectivity index (χ1v) is 7.07. The Labute approximate surface area is 126 Å². The SMILES string of the molecule is Cc1ccc(CNC(=O)Nc2cccc(I)c2)cc1. The van der Waals surface area contributed by atoms with Gasteiger partial charge in [-0.2, -0.15) is 0 Å². The molecule has 0 fully saturated rings. The summed E-state index contributed by atoms with van der Waals surface area (Å²) in [7, 11) is 0. The summed E-state index contributed by atoms with van der Waals surface area (Å²) < 4.78 is 1.09. The molecule has 2 amide bonds. The van der Waals surface area contributed by atoms with Gasteiger partial charge in [-0.25, -0.2) is 4.79 Å². The van der Waals surface area contributed by atoms with Crippen molar-refractivity contribution in [2.75, 3.05) is 5.32 Å². The summed E-state index contributed by atoms with van der Waals surface area (Å²) >= 11 is 2.21. The topological polar surface area (TPSA) is 41.1 Å². The average molecular weight is 366 g/mol. The van der Waals surface area contributed by atoms with Crippen LogP contribution in [-0.4, -0.2) is 6.03 Å². The van der Waals surface area contributed by atoms with E-state index in [1.165, 1.54) is 5.56 Å². The first-order valence-electron chi connectivity index (χ1n) is 5.99. The Kier molecular flexibility index (Phi) is 4.79. The lowest BCUT2D eigenvalue weighted by molar-refractivity contribution is 0.251. The van der Waals surface area contributed by atoms with E-state index in [1.807, 2.05) is 55.5 Å². The summed E-state index contributed by atoms with van der Waals surface area (Å²) in [4.78, 5) is 11.7. The maximum absolute atomic E-state index is 11.7. The molecule has 0 aliphatic rings. The number of urea groups is 1. The van der Waals surface area contributed by atoms with Crippen molar-refractivity contribution in [2.24, 2.45) is 0 Å². The van der Waals surface area contributed by atoms with Crippen LogP contribution in [0, 0.1) is 10.5 Å². The van der Waals surface area contributed by atoms with Crippen molar-refractivity contribution < 1.29 is 4.79 Å². The Balaban J connectivity index is 1.86. The lowest BCUT2D eigenvalue weighted by atomic mass is 10.1. The first kappa shape index (κ1) is 13.9. The summed E-state index contributed by atoms with van der Waals surface area (Å²) in [6, 6.07) is 15.6. The Morgan fingerprint density at radius 1 is 1.16 bits per heavy atom. The predicted molar refractivity (Wildman–Crippen MR) is 86.2 cm³/mol. The van der Waals surface area contributed by atoms with Gasteiger partial charge in [0.25, 0.3) is 0 Å². The smallest absolute Gasteiger partial charge is 0.319 e. The van der Waals surface area contributed by atoms with Crippen LogP contribution in [-0.2, 0) is 6.54 Å². The van der Waals surface area contributed by atoms with E-state index in [0.29, 0.717) is 6.54 Å². The van der Waals surface area contributed by atoms with Crippen LogP contribution in [0.25, 0.3) is 0 Å². The minimum atomic E-state index is -0.192. The molecule has 0 unspecified atom stereocenters. The highest BCUT2D eigenvalue weighted by atomic mass is 127. The number of hydrogen-bond acceptors (Lipinski definition) is 1. The second-order valence-corrected chi connectivity index (χ2v) is 5.55. The van der Waals surface area contributed by atoms with E-state index in [0.717, 1.165) is 14.8 Å². The van der Waals surface area contributed by atoms with E-state index in [9.17, 15) is 4.79 Å². The highest BCUT2D eigenvalue weighted by Crippen LogP contribution is 2.12. The molecule has 0 radical (unpaired) electrons. The zero-order chi connectivity index (χ0) is 13.7. The van der Waals surface area contributed by atoms with Crippen molar-refractivity contribution in [3.63, 3.8) is 0 Å². The fourth-order valence-corrected chi connectivity index (χ4v) is 2.17. The maximum Gasteiger partial charge on any atom is 0.319 e. The van der Waals surface area contributed by atoms with E-state index in [2.05, 4.69) is 33.2 Å². The van der Waals surface area contributed by atoms with Crippen molar-refractivity contribution in [1.82, 2.24) is 5.32 Å². The van der Waals surface area contributed by atoms with Crippen LogP contribution in [0.5, 0.6) is 0 Å². The van der Waals surface area contributed by atoms with Gasteiger partial charge in [-0.15, -0.1) is 0 Å². The maximum atomic E-state index is 11.7. The monoisotopic (exact) mass is 366 g/mol. The molecule has 0 atom stereocenters. The Hall–Kier alpha value is -1.56. The molecule has 0 saturated heterocycles. The van der Waals surface area contributed by atoms with Crippen LogP contribution in [0.3, 0.4) is 0 Å². The first-order chi connectivity index (χ1) is 9.13. The van der Waals surface area contributed by atoms with Gasteiger partial charge >= 0.3 is 6.03 Å². The second-order valence-electron chi connectivity index (χ2n) is 4.30. The quantitative estimate of drug-likeness (QED) is 0.795. The van der Waals surface area contributed by atoms with E-state index in [4.69, 9.17) is 0 Å². The molecule has 2 rings (SSSR count). The molecule has 2 N–H and O–H groups in total. The van der Waals surface area contributed by atoms with E-state index in [1.54, 1.807) is 0 Å². The van der Waals surface area contributed by atoms with Crippen LogP contribution in [0.2, 0.25) is 0 Å². The summed E-state index contributed by atoms with van der Waals surface area (Å²) in [5.41, 5.74) is 3.10. The molecule has 0 heterocycles. The molecule has 98 valence electrons. The number of carbonyl (C=O) groups is 1. The highest BCUT2D eigenvalue weighted by Gasteiger charge is 2.01. The van der Waals surface area contributed by atoms with Crippen LogP contribution in [0.15, 0.2) is 48.5 Å². The second kappa shape index (κ2) is 6.56. The van der Waals surface area contributed by atoms with Gasteiger partial charge in [0.2, 0.25) is 0 Å². The van der Waals surface area contributed by atoms with Gasteiger partial charge in [-0.3, -0.25) is 0 Å². The molecule has 0 bridgehead atoms. The number of carbonyl (C=O) groups excluding carboxylic acids is 1. The third-order valence-corrected chi connectivity index (χ3v) is 3.33. The van der Waals surface area contributed by atoms with Crippen LogP contribution in [0.4, 0.5) is 10.5 Å². The number of hydrogen-bond donors (Lipinski definition) is 2. The minimum absolute atomic E-state index is 0.192. The number of anilines is 1. The molecule has 3 nitrogen and oxygen atoms in total. The number of halogens is 1. The molecule has 0 aromatic heterocycles. The summed E-state index contributed by atoms with van der Waals surface area (Å²) in [6.07, 6.45) is 0. The van der Waals surface area contributed by atoms with Gasteiger partial charge in [-0.05, 0) is 53.3 Å². The van der Waals surface area contributed by atoms with E-state index >= 15 is 0 Å². The van der Waals surface area contributed by atoms with Gasteiger partial charge in [-0.1, -0.05) is 35.9 Å². The van der Waals surface area contributed by atoms with Crippen molar-refractivity contribution in [3.05, 3.63) is 63.2 Å². The predicted octanol–water partition coefficient (Wildman–Crippen LogP) is 3.92. The standard InChI is InChI=1S/C15H15IN2O/c1-11-5-7-12(8-6-11)10-17-15(19)18-14-4-2-3-13(16)9-14/h2-9H,10H2,1H3,(H2,17,18,19). The van der Waals surface area contributed by atoms with Crippen molar-refractivity contribution >= 4 is 34.3 Å². The van der Waals surface area contributed by atoms with E-state index in [-0.39, 0.29) is 6.03 Å². The van der Waals surface area contributed by atoms with Gasteiger partial charge in [0.15, 0.2) is 0 Å². The van der Waals surface area contributed by atoms with Crippen LogP contribution >= 0.6 is 22.6 Å². The number of rotatable bonds is 3. The largest absolute Gasteiger partial charge is 0.334 e. The number of benzene rings is 2. The van der Waals surface area contributed by atoms with Crippen LogP contribution < -0.4 is 10.6 Å². The number of nitrogens with one attached hydrogen (secondary N) is 2. The molecule has 0 aliphatic heterocycles. The van der Waals surface area contributed by atoms with E-state index < -0.39 is 0 Å². The summed E-state index contributed by atoms with van der Waals surface area (Å²) in [5.74, 6) is 0. The molecule has 0 spiro atoms. The van der Waals surface area contributed by atoms with Crippen molar-refractivity contribution in [1.29, 1.82) is 0 Å². The van der Waals surface area contributed by atoms with Gasteiger partial charge < -0.3 is 10.6 Å². The average Bonchev–Trinajstić information content (AvgIpc) is 2.38. The van der Waals surface area contributed by atoms with Crippen molar-refractivity contribution in [3.8, 4) is 0 Å². The van der Waals surface area contributed by atoms with Crippen LogP contribution in [0.1, 0.15) is 11.1 Å². The zero-order valence-electron chi connectivity index (χ0n) is 10.6. The van der Waals surface area contributed by atoms with Crippen molar-refractivity contribution in [2.45, 2.75) is 13.5 Å². The highest BCUT2D eigenvalue weighted by molar-refractivity contribution is 14.1. The Morgan fingerprint density at radius 3 is 2.58 bits per heavy atom. The number of aryl methyl sites for hydroxylation is 1. The minimum Gasteiger partial charge on any atom is -0.334 e. The third-order valence-electron chi connectivity index (χ3n) is 2.66. The molecular weight excluding hydrogens is 351 g/mol. The fraction of sp³-hybridized carbons (Fsp3) is 0.133. The summed E-state index contributed by atoms with van der Waals surface area (Å²) in [5, 5.41) is 5.64. The lowest BCUT2D eigenvalue weighted by Crippen LogP contribution is -2.28.